The zero-order valence-electron chi connectivity index (χ0n) is 13.5. The molecule has 1 aromatic carbocycles. The number of methoxy groups -OCH3 is 1. The van der Waals surface area contributed by atoms with Gasteiger partial charge in [-0.2, -0.15) is 0 Å². The first kappa shape index (κ1) is 18.5. The van der Waals surface area contributed by atoms with Gasteiger partial charge in [-0.05, 0) is 43.0 Å². The van der Waals surface area contributed by atoms with E-state index in [4.69, 9.17) is 16.3 Å². The minimum atomic E-state index is 0.678. The summed E-state index contributed by atoms with van der Waals surface area (Å²) in [6.45, 7) is 5.02. The standard InChI is InChI=1S/C18H30ClNO/c1-3-4-5-6-8-17(15-20-11-12-21-2)13-16-9-7-10-18(19)14-16/h7,9-10,14,17,20H,3-6,8,11-13,15H2,1-2H3. The molecule has 0 fully saturated rings. The van der Waals surface area contributed by atoms with Crippen LogP contribution in [-0.2, 0) is 11.2 Å². The van der Waals surface area contributed by atoms with Gasteiger partial charge in [-0.15, -0.1) is 0 Å². The summed E-state index contributed by atoms with van der Waals surface area (Å²) < 4.78 is 5.09. The molecular formula is C18H30ClNO. The monoisotopic (exact) mass is 311 g/mol. The van der Waals surface area contributed by atoms with E-state index in [1.165, 1.54) is 37.7 Å². The van der Waals surface area contributed by atoms with E-state index < -0.39 is 0 Å². The first-order valence-electron chi connectivity index (χ1n) is 8.20. The maximum absolute atomic E-state index is 6.09. The molecule has 0 saturated carbocycles. The molecule has 0 amide bonds. The lowest BCUT2D eigenvalue weighted by Gasteiger charge is -2.18. The Balaban J connectivity index is 2.41. The van der Waals surface area contributed by atoms with Gasteiger partial charge in [0, 0.05) is 18.7 Å². The van der Waals surface area contributed by atoms with Crippen LogP contribution in [0.2, 0.25) is 5.02 Å². The fraction of sp³-hybridized carbons (Fsp3) is 0.667. The van der Waals surface area contributed by atoms with E-state index in [9.17, 15) is 0 Å². The van der Waals surface area contributed by atoms with Crippen molar-refractivity contribution in [3.05, 3.63) is 34.9 Å². The number of ether oxygens (including phenoxy) is 1. The molecule has 0 saturated heterocycles. The van der Waals surface area contributed by atoms with Gasteiger partial charge < -0.3 is 10.1 Å². The Hall–Kier alpha value is -0.570. The second-order valence-electron chi connectivity index (χ2n) is 5.75. The van der Waals surface area contributed by atoms with Crippen molar-refractivity contribution in [2.75, 3.05) is 26.8 Å². The van der Waals surface area contributed by atoms with Crippen molar-refractivity contribution in [2.45, 2.75) is 45.4 Å². The molecule has 1 aromatic rings. The van der Waals surface area contributed by atoms with Crippen LogP contribution in [0.1, 0.15) is 44.6 Å². The highest BCUT2D eigenvalue weighted by Crippen LogP contribution is 2.18. The number of unbranched alkanes of at least 4 members (excludes halogenated alkanes) is 3. The first-order valence-corrected chi connectivity index (χ1v) is 8.58. The van der Waals surface area contributed by atoms with Crippen LogP contribution in [0.3, 0.4) is 0 Å². The zero-order valence-corrected chi connectivity index (χ0v) is 14.3. The number of halogens is 1. The Morgan fingerprint density at radius 3 is 2.81 bits per heavy atom. The van der Waals surface area contributed by atoms with Crippen LogP contribution in [0.4, 0.5) is 0 Å². The molecule has 0 aliphatic heterocycles. The normalized spacial score (nSPS) is 12.5. The molecule has 0 aliphatic carbocycles. The summed E-state index contributed by atoms with van der Waals surface area (Å²) in [5.41, 5.74) is 1.34. The Morgan fingerprint density at radius 1 is 1.24 bits per heavy atom. The molecule has 0 radical (unpaired) electrons. The lowest BCUT2D eigenvalue weighted by atomic mass is 9.93. The highest BCUT2D eigenvalue weighted by atomic mass is 35.5. The van der Waals surface area contributed by atoms with Crippen LogP contribution in [0.25, 0.3) is 0 Å². The summed E-state index contributed by atoms with van der Waals surface area (Å²) >= 11 is 6.09. The molecule has 1 unspecified atom stereocenters. The first-order chi connectivity index (χ1) is 10.3. The van der Waals surface area contributed by atoms with Gasteiger partial charge in [0.1, 0.15) is 0 Å². The molecule has 0 heterocycles. The summed E-state index contributed by atoms with van der Waals surface area (Å²) in [6.07, 6.45) is 7.71. The van der Waals surface area contributed by atoms with Gasteiger partial charge in [-0.3, -0.25) is 0 Å². The number of nitrogens with one attached hydrogen (secondary N) is 1. The fourth-order valence-corrected chi connectivity index (χ4v) is 2.83. The van der Waals surface area contributed by atoms with Crippen LogP contribution >= 0.6 is 11.6 Å². The molecule has 120 valence electrons. The maximum atomic E-state index is 6.09. The van der Waals surface area contributed by atoms with Crippen LogP contribution in [-0.4, -0.2) is 26.8 Å². The minimum Gasteiger partial charge on any atom is -0.383 e. The summed E-state index contributed by atoms with van der Waals surface area (Å²) in [6, 6.07) is 8.26. The van der Waals surface area contributed by atoms with Gasteiger partial charge in [0.15, 0.2) is 0 Å². The lowest BCUT2D eigenvalue weighted by Crippen LogP contribution is -2.27. The van der Waals surface area contributed by atoms with Crippen molar-refractivity contribution in [3.8, 4) is 0 Å². The van der Waals surface area contributed by atoms with Crippen LogP contribution in [0.15, 0.2) is 24.3 Å². The molecule has 1 N–H and O–H groups in total. The highest BCUT2D eigenvalue weighted by molar-refractivity contribution is 6.30. The number of rotatable bonds is 12. The van der Waals surface area contributed by atoms with Crippen LogP contribution in [0.5, 0.6) is 0 Å². The van der Waals surface area contributed by atoms with Crippen LogP contribution in [0, 0.1) is 5.92 Å². The summed E-state index contributed by atoms with van der Waals surface area (Å²) in [5.74, 6) is 0.678. The number of benzene rings is 1. The quantitative estimate of drug-likeness (QED) is 0.565. The van der Waals surface area contributed by atoms with Gasteiger partial charge in [0.2, 0.25) is 0 Å². The van der Waals surface area contributed by atoms with Gasteiger partial charge in [-0.25, -0.2) is 0 Å². The molecule has 0 aromatic heterocycles. The van der Waals surface area contributed by atoms with E-state index >= 15 is 0 Å². The third-order valence-corrected chi connectivity index (χ3v) is 4.03. The van der Waals surface area contributed by atoms with Crippen molar-refractivity contribution < 1.29 is 4.74 Å². The SMILES string of the molecule is CCCCCCC(CNCCOC)Cc1cccc(Cl)c1. The van der Waals surface area contributed by atoms with Gasteiger partial charge in [0.25, 0.3) is 0 Å². The van der Waals surface area contributed by atoms with E-state index in [1.54, 1.807) is 7.11 Å². The van der Waals surface area contributed by atoms with Crippen molar-refractivity contribution in [1.29, 1.82) is 0 Å². The lowest BCUT2D eigenvalue weighted by molar-refractivity contribution is 0.197. The Morgan fingerprint density at radius 2 is 2.10 bits per heavy atom. The number of hydrogen-bond acceptors (Lipinski definition) is 2. The largest absolute Gasteiger partial charge is 0.383 e. The highest BCUT2D eigenvalue weighted by Gasteiger charge is 2.10. The maximum Gasteiger partial charge on any atom is 0.0587 e. The van der Waals surface area contributed by atoms with E-state index in [0.717, 1.165) is 31.1 Å². The number of hydrogen-bond donors (Lipinski definition) is 1. The van der Waals surface area contributed by atoms with Crippen molar-refractivity contribution in [1.82, 2.24) is 5.32 Å². The van der Waals surface area contributed by atoms with Crippen molar-refractivity contribution in [3.63, 3.8) is 0 Å². The summed E-state index contributed by atoms with van der Waals surface area (Å²) in [5, 5.41) is 4.34. The zero-order chi connectivity index (χ0) is 15.3. The average molecular weight is 312 g/mol. The summed E-state index contributed by atoms with van der Waals surface area (Å²) in [4.78, 5) is 0. The molecule has 0 bridgehead atoms. The Bertz CT molecular complexity index is 358. The topological polar surface area (TPSA) is 21.3 Å². The predicted octanol–water partition coefficient (Wildman–Crippen LogP) is 4.71. The summed E-state index contributed by atoms with van der Waals surface area (Å²) in [7, 11) is 1.75. The molecule has 1 rings (SSSR count). The molecule has 3 heteroatoms. The molecule has 0 aliphatic rings. The third kappa shape index (κ3) is 9.13. The van der Waals surface area contributed by atoms with Gasteiger partial charge in [0.05, 0.1) is 6.61 Å². The molecular weight excluding hydrogens is 282 g/mol. The van der Waals surface area contributed by atoms with E-state index in [-0.39, 0.29) is 0 Å². The van der Waals surface area contributed by atoms with Gasteiger partial charge >= 0.3 is 0 Å². The van der Waals surface area contributed by atoms with E-state index in [1.807, 2.05) is 12.1 Å². The average Bonchev–Trinajstić information content (AvgIpc) is 2.48. The second kappa shape index (κ2) is 12.0. The molecule has 2 nitrogen and oxygen atoms in total. The predicted molar refractivity (Wildman–Crippen MR) is 92.2 cm³/mol. The Kier molecular flexibility index (Phi) is 10.6. The van der Waals surface area contributed by atoms with Crippen molar-refractivity contribution >= 4 is 11.6 Å². The Labute approximate surface area is 135 Å². The van der Waals surface area contributed by atoms with E-state index in [2.05, 4.69) is 24.4 Å². The van der Waals surface area contributed by atoms with Crippen LogP contribution < -0.4 is 5.32 Å². The van der Waals surface area contributed by atoms with Gasteiger partial charge in [-0.1, -0.05) is 56.3 Å². The minimum absolute atomic E-state index is 0.678. The van der Waals surface area contributed by atoms with E-state index in [0.29, 0.717) is 5.92 Å². The smallest absolute Gasteiger partial charge is 0.0587 e. The fourth-order valence-electron chi connectivity index (χ4n) is 2.61. The molecule has 1 atom stereocenters. The molecule has 21 heavy (non-hydrogen) atoms. The second-order valence-corrected chi connectivity index (χ2v) is 6.18. The van der Waals surface area contributed by atoms with Crippen molar-refractivity contribution in [2.24, 2.45) is 5.92 Å². The third-order valence-electron chi connectivity index (χ3n) is 3.80. The molecule has 0 spiro atoms.